The molecule has 1 aliphatic carbocycles. The van der Waals surface area contributed by atoms with Crippen LogP contribution in [-0.2, 0) is 11.3 Å². The van der Waals surface area contributed by atoms with Gasteiger partial charge in [0.2, 0.25) is 0 Å². The van der Waals surface area contributed by atoms with Crippen LogP contribution in [0, 0.1) is 6.92 Å². The van der Waals surface area contributed by atoms with Crippen LogP contribution in [0.3, 0.4) is 0 Å². The third-order valence-electron chi connectivity index (χ3n) is 2.70. The molecular formula is C12H14F3NO3. The van der Waals surface area contributed by atoms with E-state index in [1.165, 1.54) is 4.90 Å². The van der Waals surface area contributed by atoms with E-state index in [2.05, 4.69) is 4.74 Å². The summed E-state index contributed by atoms with van der Waals surface area (Å²) in [5, 5.41) is 0. The molecule has 0 aliphatic heterocycles. The summed E-state index contributed by atoms with van der Waals surface area (Å²) in [6.45, 7) is 0.328. The van der Waals surface area contributed by atoms with Gasteiger partial charge in [-0.3, -0.25) is 4.90 Å². The fraction of sp³-hybridized carbons (Fsp3) is 0.583. The minimum absolute atomic E-state index is 0.0499. The second-order valence-corrected chi connectivity index (χ2v) is 4.54. The average Bonchev–Trinajstić information content (AvgIpc) is 3.06. The molecule has 0 saturated heterocycles. The molecule has 4 nitrogen and oxygen atoms in total. The first-order chi connectivity index (χ1) is 8.85. The molecule has 1 saturated carbocycles. The van der Waals surface area contributed by atoms with E-state index in [1.807, 2.05) is 0 Å². The maximum absolute atomic E-state index is 12.0. The number of hydrogen-bond donors (Lipinski definition) is 0. The lowest BCUT2D eigenvalue weighted by Crippen LogP contribution is -2.35. The van der Waals surface area contributed by atoms with Crippen LogP contribution in [0.4, 0.5) is 18.0 Å². The van der Waals surface area contributed by atoms with Crippen LogP contribution in [0.2, 0.25) is 0 Å². The molecule has 0 radical (unpaired) electrons. The smallest absolute Gasteiger partial charge is 0.422 e. The van der Waals surface area contributed by atoms with E-state index in [-0.39, 0.29) is 12.6 Å². The van der Waals surface area contributed by atoms with Crippen molar-refractivity contribution in [2.45, 2.75) is 38.5 Å². The summed E-state index contributed by atoms with van der Waals surface area (Å²) in [5.74, 6) is 1.22. The van der Waals surface area contributed by atoms with Crippen LogP contribution in [0.15, 0.2) is 16.5 Å². The summed E-state index contributed by atoms with van der Waals surface area (Å²) in [4.78, 5) is 12.9. The topological polar surface area (TPSA) is 42.7 Å². The Morgan fingerprint density at radius 3 is 2.63 bits per heavy atom. The van der Waals surface area contributed by atoms with Crippen molar-refractivity contribution in [3.8, 4) is 0 Å². The first kappa shape index (κ1) is 13.8. The van der Waals surface area contributed by atoms with Crippen molar-refractivity contribution in [2.75, 3.05) is 6.61 Å². The predicted octanol–water partition coefficient (Wildman–Crippen LogP) is 3.25. The number of furan rings is 1. The Hall–Kier alpha value is -1.66. The van der Waals surface area contributed by atoms with Gasteiger partial charge in [-0.15, -0.1) is 0 Å². The van der Waals surface area contributed by atoms with Gasteiger partial charge in [0.25, 0.3) is 0 Å². The second kappa shape index (κ2) is 5.14. The normalized spacial score (nSPS) is 15.4. The molecule has 0 aromatic carbocycles. The molecule has 1 aliphatic rings. The Bertz CT molecular complexity index is 451. The SMILES string of the molecule is Cc1ccc(CN(C(=O)OCC(F)(F)F)C2CC2)o1. The molecule has 2 rings (SSSR count). The summed E-state index contributed by atoms with van der Waals surface area (Å²) in [6.07, 6.45) is -3.90. The van der Waals surface area contributed by atoms with Crippen molar-refractivity contribution in [3.63, 3.8) is 0 Å². The summed E-state index contributed by atoms with van der Waals surface area (Å²) in [7, 11) is 0. The van der Waals surface area contributed by atoms with Crippen LogP contribution >= 0.6 is 0 Å². The molecule has 0 unspecified atom stereocenters. The number of alkyl halides is 3. The highest BCUT2D eigenvalue weighted by Crippen LogP contribution is 2.29. The molecule has 1 fully saturated rings. The average molecular weight is 277 g/mol. The van der Waals surface area contributed by atoms with Gasteiger partial charge in [-0.05, 0) is 31.9 Å². The van der Waals surface area contributed by atoms with Crippen LogP contribution in [-0.4, -0.2) is 29.8 Å². The van der Waals surface area contributed by atoms with Gasteiger partial charge in [-0.2, -0.15) is 13.2 Å². The van der Waals surface area contributed by atoms with E-state index in [9.17, 15) is 18.0 Å². The second-order valence-electron chi connectivity index (χ2n) is 4.54. The van der Waals surface area contributed by atoms with Crippen molar-refractivity contribution in [1.29, 1.82) is 0 Å². The highest BCUT2D eigenvalue weighted by molar-refractivity contribution is 5.68. The molecule has 0 bridgehead atoms. The summed E-state index contributed by atoms with van der Waals surface area (Å²) < 4.78 is 45.6. The standard InChI is InChI=1S/C12H14F3NO3/c1-8-2-5-10(19-8)6-16(9-3-4-9)11(17)18-7-12(13,14)15/h2,5,9H,3-4,6-7H2,1H3. The van der Waals surface area contributed by atoms with Gasteiger partial charge in [0.15, 0.2) is 6.61 Å². The molecule has 1 amide bonds. The first-order valence-electron chi connectivity index (χ1n) is 5.90. The molecule has 19 heavy (non-hydrogen) atoms. The zero-order valence-corrected chi connectivity index (χ0v) is 10.4. The van der Waals surface area contributed by atoms with Crippen LogP contribution in [0.25, 0.3) is 0 Å². The number of ether oxygens (including phenoxy) is 1. The van der Waals surface area contributed by atoms with E-state index in [0.29, 0.717) is 11.5 Å². The summed E-state index contributed by atoms with van der Waals surface area (Å²) in [5.41, 5.74) is 0. The largest absolute Gasteiger partial charge is 0.464 e. The number of amides is 1. The monoisotopic (exact) mass is 277 g/mol. The summed E-state index contributed by atoms with van der Waals surface area (Å²) >= 11 is 0. The number of carbonyl (C=O) groups is 1. The van der Waals surface area contributed by atoms with Gasteiger partial charge in [0.1, 0.15) is 11.5 Å². The minimum Gasteiger partial charge on any atom is -0.464 e. The molecule has 106 valence electrons. The highest BCUT2D eigenvalue weighted by atomic mass is 19.4. The first-order valence-corrected chi connectivity index (χ1v) is 5.90. The Labute approximate surface area is 108 Å². The van der Waals surface area contributed by atoms with Crippen molar-refractivity contribution in [2.24, 2.45) is 0 Å². The minimum atomic E-state index is -4.51. The molecular weight excluding hydrogens is 263 g/mol. The van der Waals surface area contributed by atoms with Crippen LogP contribution < -0.4 is 0 Å². The van der Waals surface area contributed by atoms with E-state index in [0.717, 1.165) is 12.8 Å². The van der Waals surface area contributed by atoms with Crippen molar-refractivity contribution in [3.05, 3.63) is 23.7 Å². The van der Waals surface area contributed by atoms with Crippen LogP contribution in [0.1, 0.15) is 24.4 Å². The fourth-order valence-corrected chi connectivity index (χ4v) is 1.69. The molecule has 1 aromatic heterocycles. The van der Waals surface area contributed by atoms with Crippen molar-refractivity contribution >= 4 is 6.09 Å². The molecule has 1 heterocycles. The number of rotatable bonds is 4. The molecule has 1 aromatic rings. The van der Waals surface area contributed by atoms with Crippen LogP contribution in [0.5, 0.6) is 0 Å². The zero-order chi connectivity index (χ0) is 14.0. The molecule has 0 atom stereocenters. The quantitative estimate of drug-likeness (QED) is 0.848. The van der Waals surface area contributed by atoms with E-state index < -0.39 is 18.9 Å². The van der Waals surface area contributed by atoms with Gasteiger partial charge in [0, 0.05) is 6.04 Å². The Balaban J connectivity index is 1.94. The lowest BCUT2D eigenvalue weighted by molar-refractivity contribution is -0.162. The Kier molecular flexibility index (Phi) is 3.73. The third kappa shape index (κ3) is 4.18. The lowest BCUT2D eigenvalue weighted by atomic mass is 10.4. The molecule has 0 spiro atoms. The zero-order valence-electron chi connectivity index (χ0n) is 10.4. The highest BCUT2D eigenvalue weighted by Gasteiger charge is 2.36. The van der Waals surface area contributed by atoms with Gasteiger partial charge in [0.05, 0.1) is 6.54 Å². The van der Waals surface area contributed by atoms with Gasteiger partial charge in [-0.1, -0.05) is 0 Å². The molecule has 0 N–H and O–H groups in total. The Morgan fingerprint density at radius 2 is 2.16 bits per heavy atom. The van der Waals surface area contributed by atoms with Crippen molar-refractivity contribution in [1.82, 2.24) is 4.90 Å². The maximum atomic E-state index is 12.0. The number of carbonyl (C=O) groups excluding carboxylic acids is 1. The Morgan fingerprint density at radius 1 is 1.47 bits per heavy atom. The van der Waals surface area contributed by atoms with E-state index in [1.54, 1.807) is 19.1 Å². The molecule has 7 heteroatoms. The number of halogens is 3. The van der Waals surface area contributed by atoms with Gasteiger partial charge in [-0.25, -0.2) is 4.79 Å². The summed E-state index contributed by atoms with van der Waals surface area (Å²) in [6, 6.07) is 3.38. The maximum Gasteiger partial charge on any atom is 0.422 e. The van der Waals surface area contributed by atoms with Gasteiger partial charge >= 0.3 is 12.3 Å². The predicted molar refractivity (Wildman–Crippen MR) is 59.4 cm³/mol. The lowest BCUT2D eigenvalue weighted by Gasteiger charge is -2.21. The number of aryl methyl sites for hydroxylation is 1. The number of hydrogen-bond acceptors (Lipinski definition) is 3. The van der Waals surface area contributed by atoms with E-state index in [4.69, 9.17) is 4.42 Å². The van der Waals surface area contributed by atoms with E-state index >= 15 is 0 Å². The fourth-order valence-electron chi connectivity index (χ4n) is 1.69. The third-order valence-corrected chi connectivity index (χ3v) is 2.70. The number of nitrogens with zero attached hydrogens (tertiary/aromatic N) is 1. The van der Waals surface area contributed by atoms with Crippen molar-refractivity contribution < 1.29 is 27.1 Å². The van der Waals surface area contributed by atoms with Gasteiger partial charge < -0.3 is 9.15 Å².